The number of hydrogen-bond acceptors (Lipinski definition) is 3. The number of amides is 2. The van der Waals surface area contributed by atoms with Crippen LogP contribution in [-0.4, -0.2) is 59.4 Å². The zero-order chi connectivity index (χ0) is 14.0. The lowest BCUT2D eigenvalue weighted by Gasteiger charge is -2.25. The highest BCUT2D eigenvalue weighted by atomic mass is 16.4. The second kappa shape index (κ2) is 5.59. The van der Waals surface area contributed by atoms with E-state index >= 15 is 0 Å². The maximum Gasteiger partial charge on any atom is 0.307 e. The minimum absolute atomic E-state index is 0.0734. The summed E-state index contributed by atoms with van der Waals surface area (Å²) < 4.78 is 0. The van der Waals surface area contributed by atoms with E-state index in [0.717, 1.165) is 12.8 Å². The first-order valence-corrected chi connectivity index (χ1v) is 6.76. The largest absolute Gasteiger partial charge is 0.481 e. The summed E-state index contributed by atoms with van der Waals surface area (Å²) in [7, 11) is 1.73. The van der Waals surface area contributed by atoms with Crippen LogP contribution < -0.4 is 0 Å². The topological polar surface area (TPSA) is 77.9 Å². The molecule has 2 amide bonds. The van der Waals surface area contributed by atoms with Gasteiger partial charge in [0.25, 0.3) is 0 Å². The van der Waals surface area contributed by atoms with Crippen LogP contribution in [0.5, 0.6) is 0 Å². The molecule has 1 aliphatic carbocycles. The second-order valence-electron chi connectivity index (χ2n) is 5.41. The van der Waals surface area contributed by atoms with Crippen LogP contribution in [-0.2, 0) is 14.4 Å². The minimum Gasteiger partial charge on any atom is -0.481 e. The first-order chi connectivity index (χ1) is 9.00. The number of carbonyl (C=O) groups is 3. The van der Waals surface area contributed by atoms with Gasteiger partial charge in [-0.3, -0.25) is 14.4 Å². The first-order valence-electron chi connectivity index (χ1n) is 6.76. The van der Waals surface area contributed by atoms with E-state index in [1.165, 1.54) is 4.90 Å². The van der Waals surface area contributed by atoms with Gasteiger partial charge < -0.3 is 14.9 Å². The molecule has 6 nitrogen and oxygen atoms in total. The normalized spacial score (nSPS) is 28.4. The Kier molecular flexibility index (Phi) is 4.07. The van der Waals surface area contributed by atoms with Crippen molar-refractivity contribution in [3.8, 4) is 0 Å². The van der Waals surface area contributed by atoms with Crippen molar-refractivity contribution in [1.29, 1.82) is 0 Å². The van der Waals surface area contributed by atoms with E-state index in [9.17, 15) is 14.4 Å². The number of rotatable bonds is 2. The summed E-state index contributed by atoms with van der Waals surface area (Å²) in [5, 5.41) is 9.13. The lowest BCUT2D eigenvalue weighted by Crippen LogP contribution is -2.42. The molecular weight excluding hydrogens is 248 g/mol. The highest BCUT2D eigenvalue weighted by Crippen LogP contribution is 2.33. The summed E-state index contributed by atoms with van der Waals surface area (Å²) in [5.74, 6) is -2.16. The molecule has 0 aromatic rings. The molecule has 6 heteroatoms. The molecule has 2 atom stereocenters. The Balaban J connectivity index is 2.06. The highest BCUT2D eigenvalue weighted by molar-refractivity contribution is 5.89. The lowest BCUT2D eigenvalue weighted by molar-refractivity contribution is -0.149. The molecule has 2 rings (SSSR count). The zero-order valence-corrected chi connectivity index (χ0v) is 11.2. The fraction of sp³-hybridized carbons (Fsp3) is 0.769. The highest BCUT2D eigenvalue weighted by Gasteiger charge is 2.40. The Hall–Kier alpha value is -1.59. The minimum atomic E-state index is -0.894. The molecule has 0 spiro atoms. The van der Waals surface area contributed by atoms with Gasteiger partial charge in [-0.2, -0.15) is 0 Å². The molecule has 1 aliphatic heterocycles. The fourth-order valence-corrected chi connectivity index (χ4v) is 2.96. The SMILES string of the molecule is CN1CCCN(C(=O)C2CCCC2C(=O)O)CC1=O. The molecule has 0 aromatic carbocycles. The average Bonchev–Trinajstić information content (AvgIpc) is 2.79. The van der Waals surface area contributed by atoms with E-state index in [2.05, 4.69) is 0 Å². The molecule has 0 bridgehead atoms. The predicted molar refractivity (Wildman–Crippen MR) is 67.3 cm³/mol. The number of nitrogens with zero attached hydrogens (tertiary/aromatic N) is 2. The van der Waals surface area contributed by atoms with Crippen molar-refractivity contribution < 1.29 is 19.5 Å². The van der Waals surface area contributed by atoms with Crippen LogP contribution >= 0.6 is 0 Å². The van der Waals surface area contributed by atoms with Crippen molar-refractivity contribution in [2.75, 3.05) is 26.7 Å². The van der Waals surface area contributed by atoms with Gasteiger partial charge in [0.05, 0.1) is 18.4 Å². The summed E-state index contributed by atoms with van der Waals surface area (Å²) in [6.45, 7) is 1.27. The van der Waals surface area contributed by atoms with E-state index in [4.69, 9.17) is 5.11 Å². The maximum atomic E-state index is 12.4. The average molecular weight is 268 g/mol. The van der Waals surface area contributed by atoms with Crippen LogP contribution in [0.2, 0.25) is 0 Å². The van der Waals surface area contributed by atoms with Crippen LogP contribution in [0.15, 0.2) is 0 Å². The Labute approximate surface area is 112 Å². The Morgan fingerprint density at radius 3 is 2.53 bits per heavy atom. The standard InChI is InChI=1S/C13H20N2O4/c1-14-6-3-7-15(8-11(14)16)12(17)9-4-2-5-10(9)13(18)19/h9-10H,2-8H2,1H3,(H,18,19). The Morgan fingerprint density at radius 1 is 1.16 bits per heavy atom. The third-order valence-electron chi connectivity index (χ3n) is 4.14. The van der Waals surface area contributed by atoms with Crippen molar-refractivity contribution in [3.05, 3.63) is 0 Å². The molecule has 2 aliphatic rings. The van der Waals surface area contributed by atoms with Gasteiger partial charge in [0.15, 0.2) is 0 Å². The van der Waals surface area contributed by atoms with Crippen molar-refractivity contribution in [1.82, 2.24) is 9.80 Å². The van der Waals surface area contributed by atoms with Crippen LogP contribution in [0.4, 0.5) is 0 Å². The number of aliphatic carboxylic acids is 1. The fourth-order valence-electron chi connectivity index (χ4n) is 2.96. The van der Waals surface area contributed by atoms with Crippen LogP contribution in [0.1, 0.15) is 25.7 Å². The smallest absolute Gasteiger partial charge is 0.307 e. The molecule has 2 fully saturated rings. The van der Waals surface area contributed by atoms with Crippen LogP contribution in [0.25, 0.3) is 0 Å². The third-order valence-corrected chi connectivity index (χ3v) is 4.14. The van der Waals surface area contributed by atoms with Gasteiger partial charge in [-0.15, -0.1) is 0 Å². The van der Waals surface area contributed by atoms with E-state index in [1.807, 2.05) is 0 Å². The van der Waals surface area contributed by atoms with E-state index < -0.39 is 17.8 Å². The summed E-state index contributed by atoms with van der Waals surface area (Å²) in [5.41, 5.74) is 0. The Morgan fingerprint density at radius 2 is 1.84 bits per heavy atom. The summed E-state index contributed by atoms with van der Waals surface area (Å²) >= 11 is 0. The number of likely N-dealkylation sites (N-methyl/N-ethyl adjacent to an activating group) is 1. The molecule has 1 N–H and O–H groups in total. The molecular formula is C13H20N2O4. The third kappa shape index (κ3) is 2.88. The summed E-state index contributed by atoms with van der Waals surface area (Å²) in [4.78, 5) is 38.5. The van der Waals surface area contributed by atoms with Crippen LogP contribution in [0.3, 0.4) is 0 Å². The van der Waals surface area contributed by atoms with E-state index in [0.29, 0.717) is 25.9 Å². The molecule has 106 valence electrons. The van der Waals surface area contributed by atoms with Gasteiger partial charge in [0.1, 0.15) is 0 Å². The molecule has 2 unspecified atom stereocenters. The van der Waals surface area contributed by atoms with Crippen molar-refractivity contribution >= 4 is 17.8 Å². The van der Waals surface area contributed by atoms with Gasteiger partial charge in [0, 0.05) is 20.1 Å². The van der Waals surface area contributed by atoms with Gasteiger partial charge >= 0.3 is 5.97 Å². The van der Waals surface area contributed by atoms with Crippen molar-refractivity contribution in [2.45, 2.75) is 25.7 Å². The monoisotopic (exact) mass is 268 g/mol. The predicted octanol–water partition coefficient (Wildman–Crippen LogP) is 0.178. The summed E-state index contributed by atoms with van der Waals surface area (Å²) in [6, 6.07) is 0. The van der Waals surface area contributed by atoms with Crippen molar-refractivity contribution in [2.24, 2.45) is 11.8 Å². The molecule has 1 saturated heterocycles. The lowest BCUT2D eigenvalue weighted by atomic mass is 9.94. The van der Waals surface area contributed by atoms with Gasteiger partial charge in [0.2, 0.25) is 11.8 Å². The van der Waals surface area contributed by atoms with Gasteiger partial charge in [-0.25, -0.2) is 0 Å². The van der Waals surface area contributed by atoms with Gasteiger partial charge in [-0.05, 0) is 19.3 Å². The number of hydrogen-bond donors (Lipinski definition) is 1. The van der Waals surface area contributed by atoms with E-state index in [1.54, 1.807) is 11.9 Å². The molecule has 19 heavy (non-hydrogen) atoms. The molecule has 1 saturated carbocycles. The zero-order valence-electron chi connectivity index (χ0n) is 11.2. The number of carboxylic acid groups (broad SMARTS) is 1. The quantitative estimate of drug-likeness (QED) is 0.775. The molecule has 0 radical (unpaired) electrons. The number of carbonyl (C=O) groups excluding carboxylic acids is 2. The van der Waals surface area contributed by atoms with Crippen molar-refractivity contribution in [3.63, 3.8) is 0 Å². The molecule has 1 heterocycles. The first kappa shape index (κ1) is 13.8. The van der Waals surface area contributed by atoms with E-state index in [-0.39, 0.29) is 18.4 Å². The van der Waals surface area contributed by atoms with Crippen LogP contribution in [0, 0.1) is 11.8 Å². The number of carboxylic acids is 1. The maximum absolute atomic E-state index is 12.4. The Bertz CT molecular complexity index is 396. The molecule has 0 aromatic heterocycles. The van der Waals surface area contributed by atoms with Gasteiger partial charge in [-0.1, -0.05) is 6.42 Å². The second-order valence-corrected chi connectivity index (χ2v) is 5.41. The summed E-state index contributed by atoms with van der Waals surface area (Å²) in [6.07, 6.45) is 2.71.